The average Bonchev–Trinajstić information content (AvgIpc) is 2.46. The molecule has 118 valence electrons. The molecule has 2 aromatic rings. The first-order chi connectivity index (χ1) is 10.2. The number of nitrogens with one attached hydrogen (secondary N) is 1. The Bertz CT molecular complexity index is 743. The van der Waals surface area contributed by atoms with Crippen LogP contribution in [-0.2, 0) is 15.6 Å². The zero-order valence-electron chi connectivity index (χ0n) is 11.8. The van der Waals surface area contributed by atoms with Gasteiger partial charge >= 0.3 is 0 Å². The Morgan fingerprint density at radius 2 is 1.68 bits per heavy atom. The van der Waals surface area contributed by atoms with Crippen molar-refractivity contribution >= 4 is 26.0 Å². The number of hydrogen-bond acceptors (Lipinski definition) is 3. The topological polar surface area (TPSA) is 66.4 Å². The molecule has 0 spiro atoms. The van der Waals surface area contributed by atoms with E-state index in [4.69, 9.17) is 0 Å². The van der Waals surface area contributed by atoms with E-state index >= 15 is 0 Å². The molecule has 4 nitrogen and oxygen atoms in total. The number of hydrogen-bond donors (Lipinski definition) is 2. The van der Waals surface area contributed by atoms with Gasteiger partial charge in [0.2, 0.25) is 10.0 Å². The Hall–Kier alpha value is -1.28. The second-order valence-electron chi connectivity index (χ2n) is 5.06. The summed E-state index contributed by atoms with van der Waals surface area (Å²) in [6, 6.07) is 11.4. The van der Waals surface area contributed by atoms with Gasteiger partial charge in [0.15, 0.2) is 0 Å². The van der Waals surface area contributed by atoms with Crippen molar-refractivity contribution in [3.05, 3.63) is 64.4 Å². The summed E-state index contributed by atoms with van der Waals surface area (Å²) in [5.74, 6) is -0.513. The third kappa shape index (κ3) is 4.13. The molecule has 0 radical (unpaired) electrons. The molecule has 1 unspecified atom stereocenters. The Labute approximate surface area is 137 Å². The van der Waals surface area contributed by atoms with Crippen LogP contribution in [0.2, 0.25) is 0 Å². The monoisotopic (exact) mass is 387 g/mol. The molecule has 0 bridgehead atoms. The quantitative estimate of drug-likeness (QED) is 0.828. The first kappa shape index (κ1) is 17.1. The maximum absolute atomic E-state index is 12.8. The average molecular weight is 388 g/mol. The number of aliphatic hydroxyl groups is 1. The number of benzene rings is 2. The third-order valence-electron chi connectivity index (χ3n) is 3.20. The van der Waals surface area contributed by atoms with Crippen LogP contribution in [0, 0.1) is 5.82 Å². The Morgan fingerprint density at radius 3 is 2.23 bits per heavy atom. The molecule has 0 saturated carbocycles. The Kier molecular flexibility index (Phi) is 5.01. The first-order valence-corrected chi connectivity index (χ1v) is 8.72. The molecule has 0 fully saturated rings. The van der Waals surface area contributed by atoms with Crippen LogP contribution in [0.3, 0.4) is 0 Å². The van der Waals surface area contributed by atoms with Crippen LogP contribution in [0.25, 0.3) is 0 Å². The van der Waals surface area contributed by atoms with E-state index in [1.807, 2.05) is 0 Å². The van der Waals surface area contributed by atoms with Gasteiger partial charge in [-0.3, -0.25) is 0 Å². The molecule has 0 heterocycles. The standard InChI is InChI=1S/C15H15BrFNO3S/c1-15(19,11-2-4-12(16)5-3-11)10-18-22(20,21)14-8-6-13(17)7-9-14/h2-9,18-19H,10H2,1H3. The minimum absolute atomic E-state index is 0.0551. The van der Waals surface area contributed by atoms with Gasteiger partial charge in [0.05, 0.1) is 4.90 Å². The highest BCUT2D eigenvalue weighted by molar-refractivity contribution is 9.10. The van der Waals surface area contributed by atoms with Crippen LogP contribution >= 0.6 is 15.9 Å². The van der Waals surface area contributed by atoms with Crippen LogP contribution in [0.4, 0.5) is 4.39 Å². The summed E-state index contributed by atoms with van der Waals surface area (Å²) < 4.78 is 40.3. The smallest absolute Gasteiger partial charge is 0.240 e. The summed E-state index contributed by atoms with van der Waals surface area (Å²) in [5, 5.41) is 10.4. The molecule has 2 rings (SSSR count). The van der Waals surface area contributed by atoms with Crippen molar-refractivity contribution in [2.24, 2.45) is 0 Å². The van der Waals surface area contributed by atoms with Crippen LogP contribution in [0.1, 0.15) is 12.5 Å². The molecule has 2 aromatic carbocycles. The molecule has 7 heteroatoms. The molecule has 22 heavy (non-hydrogen) atoms. The van der Waals surface area contributed by atoms with Gasteiger partial charge in [-0.2, -0.15) is 0 Å². The molecule has 1 atom stereocenters. The van der Waals surface area contributed by atoms with Crippen LogP contribution in [-0.4, -0.2) is 20.1 Å². The highest BCUT2D eigenvalue weighted by Gasteiger charge is 2.26. The normalized spacial score (nSPS) is 14.5. The SMILES string of the molecule is CC(O)(CNS(=O)(=O)c1ccc(F)cc1)c1ccc(Br)cc1. The fraction of sp³-hybridized carbons (Fsp3) is 0.200. The summed E-state index contributed by atoms with van der Waals surface area (Å²) in [7, 11) is -3.81. The van der Waals surface area contributed by atoms with E-state index in [1.54, 1.807) is 24.3 Å². The fourth-order valence-electron chi connectivity index (χ4n) is 1.84. The molecule has 0 saturated heterocycles. The van der Waals surface area contributed by atoms with Gasteiger partial charge in [0, 0.05) is 11.0 Å². The number of rotatable bonds is 5. The van der Waals surface area contributed by atoms with Gasteiger partial charge in [-0.15, -0.1) is 0 Å². The van der Waals surface area contributed by atoms with Gasteiger partial charge < -0.3 is 5.11 Å². The molecule has 2 N–H and O–H groups in total. The van der Waals surface area contributed by atoms with Crippen molar-refractivity contribution in [3.8, 4) is 0 Å². The summed E-state index contributed by atoms with van der Waals surface area (Å²) in [6.07, 6.45) is 0. The lowest BCUT2D eigenvalue weighted by Crippen LogP contribution is -2.38. The lowest BCUT2D eigenvalue weighted by Gasteiger charge is -2.24. The van der Waals surface area contributed by atoms with E-state index in [1.165, 1.54) is 19.1 Å². The van der Waals surface area contributed by atoms with Gasteiger partial charge in [-0.05, 0) is 48.9 Å². The Morgan fingerprint density at radius 1 is 1.14 bits per heavy atom. The lowest BCUT2D eigenvalue weighted by atomic mass is 9.97. The second kappa shape index (κ2) is 6.45. The van der Waals surface area contributed by atoms with Crippen LogP contribution in [0.5, 0.6) is 0 Å². The number of sulfonamides is 1. The summed E-state index contributed by atoms with van der Waals surface area (Å²) in [4.78, 5) is -0.0551. The van der Waals surface area contributed by atoms with Crippen molar-refractivity contribution < 1.29 is 17.9 Å². The Balaban J connectivity index is 2.13. The second-order valence-corrected chi connectivity index (χ2v) is 7.74. The highest BCUT2D eigenvalue weighted by Crippen LogP contribution is 2.22. The van der Waals surface area contributed by atoms with Crippen LogP contribution in [0.15, 0.2) is 57.9 Å². The van der Waals surface area contributed by atoms with E-state index in [0.717, 1.165) is 16.6 Å². The molecule has 0 aliphatic heterocycles. The summed E-state index contributed by atoms with van der Waals surface area (Å²) in [5.41, 5.74) is -0.786. The molecular formula is C15H15BrFNO3S. The predicted octanol–water partition coefficient (Wildman–Crippen LogP) is 2.77. The maximum atomic E-state index is 12.8. The summed E-state index contributed by atoms with van der Waals surface area (Å²) >= 11 is 3.30. The zero-order valence-corrected chi connectivity index (χ0v) is 14.2. The van der Waals surface area contributed by atoms with Crippen molar-refractivity contribution in [2.75, 3.05) is 6.54 Å². The largest absolute Gasteiger partial charge is 0.384 e. The predicted molar refractivity (Wildman–Crippen MR) is 85.3 cm³/mol. The van der Waals surface area contributed by atoms with Gasteiger partial charge in [0.1, 0.15) is 11.4 Å². The van der Waals surface area contributed by atoms with Crippen molar-refractivity contribution in [2.45, 2.75) is 17.4 Å². The zero-order chi connectivity index (χ0) is 16.4. The lowest BCUT2D eigenvalue weighted by molar-refractivity contribution is 0.0627. The van der Waals surface area contributed by atoms with Crippen molar-refractivity contribution in [3.63, 3.8) is 0 Å². The molecule has 0 amide bonds. The minimum atomic E-state index is -3.81. The minimum Gasteiger partial charge on any atom is -0.384 e. The van der Waals surface area contributed by atoms with Gasteiger partial charge in [-0.1, -0.05) is 28.1 Å². The first-order valence-electron chi connectivity index (χ1n) is 6.44. The van der Waals surface area contributed by atoms with Gasteiger partial charge in [0.25, 0.3) is 0 Å². The van der Waals surface area contributed by atoms with Crippen molar-refractivity contribution in [1.82, 2.24) is 4.72 Å². The van der Waals surface area contributed by atoms with E-state index in [0.29, 0.717) is 5.56 Å². The molecule has 0 aromatic heterocycles. The molecule has 0 aliphatic carbocycles. The van der Waals surface area contributed by atoms with E-state index in [-0.39, 0.29) is 11.4 Å². The third-order valence-corrected chi connectivity index (χ3v) is 5.14. The van der Waals surface area contributed by atoms with E-state index in [9.17, 15) is 17.9 Å². The van der Waals surface area contributed by atoms with Crippen LogP contribution < -0.4 is 4.72 Å². The summed E-state index contributed by atoms with van der Waals surface area (Å²) in [6.45, 7) is 1.32. The number of halogens is 2. The highest BCUT2D eigenvalue weighted by atomic mass is 79.9. The molecular weight excluding hydrogens is 373 g/mol. The molecule has 0 aliphatic rings. The van der Waals surface area contributed by atoms with E-state index in [2.05, 4.69) is 20.7 Å². The van der Waals surface area contributed by atoms with Crippen molar-refractivity contribution in [1.29, 1.82) is 0 Å². The van der Waals surface area contributed by atoms with Gasteiger partial charge in [-0.25, -0.2) is 17.5 Å². The maximum Gasteiger partial charge on any atom is 0.240 e. The fourth-order valence-corrected chi connectivity index (χ4v) is 3.24. The van der Waals surface area contributed by atoms with E-state index < -0.39 is 21.4 Å².